The van der Waals surface area contributed by atoms with Crippen molar-refractivity contribution in [1.29, 1.82) is 0 Å². The average Bonchev–Trinajstić information content (AvgIpc) is 3.20. The number of ether oxygens (including phenoxy) is 1. The fraction of sp³-hybridized carbons (Fsp3) is 0.346. The van der Waals surface area contributed by atoms with Gasteiger partial charge in [0, 0.05) is 35.3 Å². The quantitative estimate of drug-likeness (QED) is 0.328. The molecule has 0 aliphatic carbocycles. The zero-order valence-electron chi connectivity index (χ0n) is 21.4. The molecule has 1 unspecified atom stereocenters. The van der Waals surface area contributed by atoms with Crippen molar-refractivity contribution < 1.29 is 37.0 Å². The Hall–Kier alpha value is -3.48. The second kappa shape index (κ2) is 12.1. The van der Waals surface area contributed by atoms with Crippen LogP contribution < -0.4 is 10.1 Å². The van der Waals surface area contributed by atoms with Crippen molar-refractivity contribution in [3.05, 3.63) is 70.1 Å². The number of hydrogen-bond donors (Lipinski definition) is 2. The normalized spacial score (nSPS) is 13.8. The highest BCUT2D eigenvalue weighted by Gasteiger charge is 2.49. The fourth-order valence-corrected chi connectivity index (χ4v) is 3.94. The molecule has 2 heterocycles. The van der Waals surface area contributed by atoms with Gasteiger partial charge in [-0.1, -0.05) is 29.8 Å². The second-order valence-electron chi connectivity index (χ2n) is 9.20. The molecule has 4 rings (SSSR count). The van der Waals surface area contributed by atoms with Crippen LogP contribution in [0.2, 0.25) is 5.02 Å². The van der Waals surface area contributed by atoms with Crippen LogP contribution in [0.5, 0.6) is 5.75 Å². The first-order valence-corrected chi connectivity index (χ1v) is 12.0. The van der Waals surface area contributed by atoms with E-state index in [-0.39, 0.29) is 13.1 Å². The lowest BCUT2D eigenvalue weighted by atomic mass is 10.0. The van der Waals surface area contributed by atoms with E-state index in [1.54, 1.807) is 22.9 Å². The predicted molar refractivity (Wildman–Crippen MR) is 136 cm³/mol. The first-order valence-electron chi connectivity index (χ1n) is 11.6. The van der Waals surface area contributed by atoms with Gasteiger partial charge in [0.2, 0.25) is 5.91 Å². The lowest BCUT2D eigenvalue weighted by molar-refractivity contribution is -0.250. The molecule has 3 aromatic rings. The molecule has 0 fully saturated rings. The van der Waals surface area contributed by atoms with Crippen molar-refractivity contribution in [3.8, 4) is 17.0 Å². The summed E-state index contributed by atoms with van der Waals surface area (Å²) in [6.45, 7) is -0.0802. The summed E-state index contributed by atoms with van der Waals surface area (Å²) in [5.74, 6) is -0.347. The molecule has 1 aliphatic rings. The van der Waals surface area contributed by atoms with Gasteiger partial charge < -0.3 is 15.2 Å². The van der Waals surface area contributed by atoms with Crippen molar-refractivity contribution >= 4 is 23.8 Å². The summed E-state index contributed by atoms with van der Waals surface area (Å²) in [4.78, 5) is 23.9. The molecule has 0 radical (unpaired) electrons. The van der Waals surface area contributed by atoms with Crippen LogP contribution >= 0.6 is 11.6 Å². The Morgan fingerprint density at radius 3 is 2.62 bits per heavy atom. The zero-order chi connectivity index (χ0) is 29.0. The predicted octanol–water partition coefficient (Wildman–Crippen LogP) is 4.13. The highest BCUT2D eigenvalue weighted by Crippen LogP contribution is 2.39. The molecule has 0 saturated heterocycles. The molecule has 39 heavy (non-hydrogen) atoms. The summed E-state index contributed by atoms with van der Waals surface area (Å²) in [6, 6.07) is 11.4. The molecule has 1 amide bonds. The molecule has 1 atom stereocenters. The summed E-state index contributed by atoms with van der Waals surface area (Å²) in [6.07, 6.45) is -4.09. The van der Waals surface area contributed by atoms with E-state index in [9.17, 15) is 32.3 Å². The van der Waals surface area contributed by atoms with E-state index in [4.69, 9.17) is 16.3 Å². The lowest BCUT2D eigenvalue weighted by Crippen LogP contribution is -2.52. The lowest BCUT2D eigenvalue weighted by Gasteiger charge is -2.26. The minimum Gasteiger partial charge on any atom is -0.488 e. The van der Waals surface area contributed by atoms with Gasteiger partial charge in [-0.05, 0) is 38.2 Å². The topological polar surface area (TPSA) is 96.7 Å². The number of carbonyl (C=O) groups excluding carboxylic acids is 2. The number of alkyl halides is 3. The maximum Gasteiger partial charge on any atom is 0.418 e. The first kappa shape index (κ1) is 30.1. The molecule has 2 N–H and O–H groups in total. The number of nitrogens with zero attached hydrogens (tertiary/aromatic N) is 3. The van der Waals surface area contributed by atoms with Crippen molar-refractivity contribution in [2.24, 2.45) is 7.05 Å². The van der Waals surface area contributed by atoms with E-state index in [0.29, 0.717) is 29.8 Å². The third-order valence-corrected chi connectivity index (χ3v) is 6.14. The molecule has 0 saturated carbocycles. The summed E-state index contributed by atoms with van der Waals surface area (Å²) >= 11 is 5.98. The highest BCUT2D eigenvalue weighted by molar-refractivity contribution is 6.31. The number of likely N-dealkylation sites (N-methyl/N-ethyl adjacent to an activating group) is 1. The fourth-order valence-electron chi connectivity index (χ4n) is 3.77. The van der Waals surface area contributed by atoms with Gasteiger partial charge in [0.05, 0.1) is 18.8 Å². The third-order valence-electron chi connectivity index (χ3n) is 5.91. The van der Waals surface area contributed by atoms with Gasteiger partial charge >= 0.3 is 6.18 Å². The monoisotopic (exact) mass is 570 g/mol. The molecule has 2 aromatic carbocycles. The SMILES string of the molecule is CN(CC(=O)NCC(C)(O)C(F)(F)F)Cc1ccccc1F.Cn1nc(C=O)c2c1-c1cc(Cl)ccc1OC2. The number of rotatable bonds is 7. The van der Waals surface area contributed by atoms with E-state index in [0.717, 1.165) is 28.9 Å². The number of hydrogen-bond acceptors (Lipinski definition) is 6. The van der Waals surface area contributed by atoms with E-state index in [1.807, 2.05) is 24.5 Å². The maximum absolute atomic E-state index is 13.4. The van der Waals surface area contributed by atoms with Crippen LogP contribution in [0.25, 0.3) is 11.3 Å². The number of aryl methyl sites for hydroxylation is 1. The molecule has 1 aliphatic heterocycles. The van der Waals surface area contributed by atoms with Crippen LogP contribution in [0.4, 0.5) is 17.6 Å². The number of carbonyl (C=O) groups is 2. The number of fused-ring (bicyclic) bond motifs is 3. The molecule has 210 valence electrons. The number of aliphatic hydroxyl groups is 1. The van der Waals surface area contributed by atoms with Crippen molar-refractivity contribution in [2.45, 2.75) is 31.9 Å². The van der Waals surface area contributed by atoms with E-state index in [2.05, 4.69) is 5.10 Å². The van der Waals surface area contributed by atoms with Gasteiger partial charge in [-0.25, -0.2) is 4.39 Å². The summed E-state index contributed by atoms with van der Waals surface area (Å²) in [5, 5.41) is 16.0. The highest BCUT2D eigenvalue weighted by atomic mass is 35.5. The smallest absolute Gasteiger partial charge is 0.418 e. The van der Waals surface area contributed by atoms with Crippen LogP contribution in [-0.4, -0.2) is 63.9 Å². The Kier molecular flexibility index (Phi) is 9.36. The molecular formula is C26H27ClF4N4O4. The molecule has 0 bridgehead atoms. The Morgan fingerprint density at radius 2 is 1.97 bits per heavy atom. The second-order valence-corrected chi connectivity index (χ2v) is 9.63. The molecular weight excluding hydrogens is 544 g/mol. The maximum atomic E-state index is 13.4. The summed E-state index contributed by atoms with van der Waals surface area (Å²) in [7, 11) is 3.34. The van der Waals surface area contributed by atoms with E-state index in [1.165, 1.54) is 24.1 Å². The average molecular weight is 571 g/mol. The Labute approximate surface area is 227 Å². The van der Waals surface area contributed by atoms with Crippen LogP contribution in [0.3, 0.4) is 0 Å². The molecule has 0 spiro atoms. The van der Waals surface area contributed by atoms with Crippen LogP contribution in [-0.2, 0) is 25.0 Å². The van der Waals surface area contributed by atoms with Gasteiger partial charge in [0.25, 0.3) is 0 Å². The van der Waals surface area contributed by atoms with Crippen molar-refractivity contribution in [3.63, 3.8) is 0 Å². The van der Waals surface area contributed by atoms with E-state index < -0.39 is 30.0 Å². The zero-order valence-corrected chi connectivity index (χ0v) is 22.1. The van der Waals surface area contributed by atoms with Gasteiger partial charge in [-0.2, -0.15) is 18.3 Å². The molecule has 8 nitrogen and oxygen atoms in total. The van der Waals surface area contributed by atoms with Gasteiger partial charge in [-0.15, -0.1) is 0 Å². The van der Waals surface area contributed by atoms with Crippen LogP contribution in [0.1, 0.15) is 28.5 Å². The minimum absolute atomic E-state index is 0.135. The first-order chi connectivity index (χ1) is 18.2. The number of halogens is 5. The van der Waals surface area contributed by atoms with E-state index >= 15 is 0 Å². The summed E-state index contributed by atoms with van der Waals surface area (Å²) in [5.41, 5.74) is 0.399. The number of nitrogens with one attached hydrogen (secondary N) is 1. The van der Waals surface area contributed by atoms with Gasteiger partial charge in [0.1, 0.15) is 23.9 Å². The van der Waals surface area contributed by atoms with Crippen molar-refractivity contribution in [1.82, 2.24) is 20.0 Å². The Balaban J connectivity index is 0.000000221. The Morgan fingerprint density at radius 1 is 1.28 bits per heavy atom. The number of benzene rings is 2. The van der Waals surface area contributed by atoms with Crippen molar-refractivity contribution in [2.75, 3.05) is 20.1 Å². The number of amides is 1. The standard InChI is InChI=1S/C14H18F4N2O2.C12H9ClN2O2/c1-13(22,14(16,17)18)9-19-12(21)8-20(2)7-10-5-3-4-6-11(10)15;1-15-12-8-4-7(13)2-3-11(8)17-6-9(12)10(5-16)14-15/h3-6,22H,7-9H2,1-2H3,(H,19,21);2-5H,6H2,1H3. The van der Waals surface area contributed by atoms with Crippen LogP contribution in [0, 0.1) is 5.82 Å². The van der Waals surface area contributed by atoms with Gasteiger partial charge in [-0.3, -0.25) is 19.2 Å². The number of aldehydes is 1. The third kappa shape index (κ3) is 7.34. The van der Waals surface area contributed by atoms with Gasteiger partial charge in [0.15, 0.2) is 11.9 Å². The summed E-state index contributed by atoms with van der Waals surface area (Å²) < 4.78 is 58.0. The Bertz CT molecular complexity index is 1340. The molecule has 1 aromatic heterocycles. The molecule has 13 heteroatoms. The van der Waals surface area contributed by atoms with Crippen LogP contribution in [0.15, 0.2) is 42.5 Å². The minimum atomic E-state index is -4.83. The largest absolute Gasteiger partial charge is 0.488 e. The number of aromatic nitrogens is 2.